The van der Waals surface area contributed by atoms with Gasteiger partial charge in [-0.2, -0.15) is 4.31 Å². The Morgan fingerprint density at radius 1 is 0.931 bits per heavy atom. The molecule has 0 spiro atoms. The van der Waals surface area contributed by atoms with E-state index < -0.39 is 15.8 Å². The molecular formula is C20H22FN3O4S. The monoisotopic (exact) mass is 419 g/mol. The van der Waals surface area contributed by atoms with E-state index in [1.165, 1.54) is 16.4 Å². The van der Waals surface area contributed by atoms with Crippen LogP contribution in [0.25, 0.3) is 0 Å². The number of benzene rings is 2. The number of nitrogens with one attached hydrogen (secondary N) is 1. The molecule has 1 fully saturated rings. The fourth-order valence-corrected chi connectivity index (χ4v) is 4.57. The Kier molecular flexibility index (Phi) is 6.60. The smallest absolute Gasteiger partial charge is 0.251 e. The molecule has 0 atom stereocenters. The van der Waals surface area contributed by atoms with Crippen LogP contribution in [0, 0.1) is 5.82 Å². The van der Waals surface area contributed by atoms with Gasteiger partial charge >= 0.3 is 0 Å². The molecule has 1 aliphatic rings. The molecule has 3 rings (SSSR count). The summed E-state index contributed by atoms with van der Waals surface area (Å²) in [7, 11) is -3.75. The summed E-state index contributed by atoms with van der Waals surface area (Å²) in [6.45, 7) is 0.867. The standard InChI is InChI=1S/C20H22FN3O4S/c21-17-7-9-18(10-8-17)29(27,28)24-12-4-11-23(13-14-24)19(25)15-22-20(26)16-5-2-1-3-6-16/h1-3,5-10H,4,11-15H2,(H,22,26). The zero-order valence-corrected chi connectivity index (χ0v) is 16.6. The second-order valence-electron chi connectivity index (χ2n) is 6.64. The van der Waals surface area contributed by atoms with Crippen molar-refractivity contribution in [1.82, 2.24) is 14.5 Å². The van der Waals surface area contributed by atoms with Gasteiger partial charge in [-0.3, -0.25) is 9.59 Å². The van der Waals surface area contributed by atoms with E-state index in [1.807, 2.05) is 0 Å². The number of nitrogens with zero attached hydrogens (tertiary/aromatic N) is 2. The molecular weight excluding hydrogens is 397 g/mol. The van der Waals surface area contributed by atoms with Crippen LogP contribution in [0.3, 0.4) is 0 Å². The maximum absolute atomic E-state index is 13.1. The van der Waals surface area contributed by atoms with Crippen molar-refractivity contribution in [2.24, 2.45) is 0 Å². The molecule has 2 aromatic rings. The van der Waals surface area contributed by atoms with Crippen molar-refractivity contribution in [3.8, 4) is 0 Å². The van der Waals surface area contributed by atoms with Crippen LogP contribution in [0.15, 0.2) is 59.5 Å². The van der Waals surface area contributed by atoms with Crippen LogP contribution in [-0.4, -0.2) is 62.2 Å². The number of halogens is 1. The second-order valence-corrected chi connectivity index (χ2v) is 8.58. The van der Waals surface area contributed by atoms with Crippen molar-refractivity contribution in [1.29, 1.82) is 0 Å². The lowest BCUT2D eigenvalue weighted by molar-refractivity contribution is -0.129. The van der Waals surface area contributed by atoms with Crippen LogP contribution in [0.1, 0.15) is 16.8 Å². The summed E-state index contributed by atoms with van der Waals surface area (Å²) in [6, 6.07) is 13.3. The summed E-state index contributed by atoms with van der Waals surface area (Å²) in [4.78, 5) is 26.1. The van der Waals surface area contributed by atoms with E-state index in [2.05, 4.69) is 5.32 Å². The highest BCUT2D eigenvalue weighted by Crippen LogP contribution is 2.18. The summed E-state index contributed by atoms with van der Waals surface area (Å²) in [5.74, 6) is -1.11. The molecule has 0 aliphatic carbocycles. The zero-order chi connectivity index (χ0) is 20.9. The van der Waals surface area contributed by atoms with Crippen molar-refractivity contribution in [3.05, 3.63) is 66.0 Å². The van der Waals surface area contributed by atoms with E-state index in [0.29, 0.717) is 18.5 Å². The summed E-state index contributed by atoms with van der Waals surface area (Å²) >= 11 is 0. The Hall–Kier alpha value is -2.78. The molecule has 7 nitrogen and oxygen atoms in total. The first kappa shape index (κ1) is 20.9. The lowest BCUT2D eigenvalue weighted by Gasteiger charge is -2.22. The molecule has 29 heavy (non-hydrogen) atoms. The Labute approximate surface area is 169 Å². The van der Waals surface area contributed by atoms with Crippen molar-refractivity contribution < 1.29 is 22.4 Å². The minimum Gasteiger partial charge on any atom is -0.343 e. The van der Waals surface area contributed by atoms with E-state index >= 15 is 0 Å². The first-order chi connectivity index (χ1) is 13.9. The number of sulfonamides is 1. The predicted molar refractivity (Wildman–Crippen MR) is 105 cm³/mol. The fourth-order valence-electron chi connectivity index (χ4n) is 3.10. The third kappa shape index (κ3) is 5.18. The zero-order valence-electron chi connectivity index (χ0n) is 15.8. The second kappa shape index (κ2) is 9.15. The number of hydrogen-bond donors (Lipinski definition) is 1. The molecule has 2 amide bonds. The third-order valence-electron chi connectivity index (χ3n) is 4.70. The number of amides is 2. The van der Waals surface area contributed by atoms with Crippen molar-refractivity contribution in [2.45, 2.75) is 11.3 Å². The van der Waals surface area contributed by atoms with Gasteiger partial charge in [0, 0.05) is 31.7 Å². The van der Waals surface area contributed by atoms with Gasteiger partial charge in [-0.1, -0.05) is 18.2 Å². The third-order valence-corrected chi connectivity index (χ3v) is 6.61. The van der Waals surface area contributed by atoms with Gasteiger partial charge in [-0.15, -0.1) is 0 Å². The Morgan fingerprint density at radius 2 is 1.62 bits per heavy atom. The quantitative estimate of drug-likeness (QED) is 0.795. The molecule has 1 aliphatic heterocycles. The van der Waals surface area contributed by atoms with Crippen LogP contribution in [0.5, 0.6) is 0 Å². The maximum Gasteiger partial charge on any atom is 0.251 e. The average molecular weight is 419 g/mol. The van der Waals surface area contributed by atoms with E-state index in [4.69, 9.17) is 0 Å². The van der Waals surface area contributed by atoms with Gasteiger partial charge in [-0.05, 0) is 42.8 Å². The first-order valence-corrected chi connectivity index (χ1v) is 10.7. The van der Waals surface area contributed by atoms with Gasteiger partial charge in [0.15, 0.2) is 0 Å². The topological polar surface area (TPSA) is 86.8 Å². The Morgan fingerprint density at radius 3 is 2.31 bits per heavy atom. The van der Waals surface area contributed by atoms with E-state index in [9.17, 15) is 22.4 Å². The first-order valence-electron chi connectivity index (χ1n) is 9.24. The van der Waals surface area contributed by atoms with Crippen molar-refractivity contribution in [3.63, 3.8) is 0 Å². The average Bonchev–Trinajstić information content (AvgIpc) is 2.99. The predicted octanol–water partition coefficient (Wildman–Crippen LogP) is 1.48. The minimum absolute atomic E-state index is 0.0220. The number of rotatable bonds is 5. The number of carbonyl (C=O) groups excluding carboxylic acids is 2. The molecule has 154 valence electrons. The number of carbonyl (C=O) groups is 2. The molecule has 0 unspecified atom stereocenters. The van der Waals surface area contributed by atoms with Crippen LogP contribution >= 0.6 is 0 Å². The largest absolute Gasteiger partial charge is 0.343 e. The molecule has 1 N–H and O–H groups in total. The number of hydrogen-bond acceptors (Lipinski definition) is 4. The normalized spacial score (nSPS) is 15.6. The SMILES string of the molecule is O=C(NCC(=O)N1CCCN(S(=O)(=O)c2ccc(F)cc2)CC1)c1ccccc1. The lowest BCUT2D eigenvalue weighted by Crippen LogP contribution is -2.42. The van der Waals surface area contributed by atoms with Gasteiger partial charge < -0.3 is 10.2 Å². The van der Waals surface area contributed by atoms with Crippen LogP contribution in [0.4, 0.5) is 4.39 Å². The van der Waals surface area contributed by atoms with Gasteiger partial charge in [0.25, 0.3) is 5.91 Å². The van der Waals surface area contributed by atoms with Gasteiger partial charge in [0.05, 0.1) is 11.4 Å². The van der Waals surface area contributed by atoms with Gasteiger partial charge in [-0.25, -0.2) is 12.8 Å². The van der Waals surface area contributed by atoms with Crippen LogP contribution < -0.4 is 5.32 Å². The van der Waals surface area contributed by atoms with Crippen molar-refractivity contribution >= 4 is 21.8 Å². The molecule has 9 heteroatoms. The van der Waals surface area contributed by atoms with Crippen LogP contribution in [0.2, 0.25) is 0 Å². The summed E-state index contributed by atoms with van der Waals surface area (Å²) in [5.41, 5.74) is 0.465. The molecule has 0 saturated carbocycles. The van der Waals surface area contributed by atoms with Gasteiger partial charge in [0.2, 0.25) is 15.9 Å². The highest BCUT2D eigenvalue weighted by molar-refractivity contribution is 7.89. The highest BCUT2D eigenvalue weighted by Gasteiger charge is 2.28. The van der Waals surface area contributed by atoms with Crippen molar-refractivity contribution in [2.75, 3.05) is 32.7 Å². The van der Waals surface area contributed by atoms with E-state index in [0.717, 1.165) is 12.1 Å². The summed E-state index contributed by atoms with van der Waals surface area (Å²) in [5, 5.41) is 2.59. The minimum atomic E-state index is -3.75. The summed E-state index contributed by atoms with van der Waals surface area (Å²) < 4.78 is 39.9. The molecule has 1 heterocycles. The maximum atomic E-state index is 13.1. The van der Waals surface area contributed by atoms with E-state index in [-0.39, 0.29) is 42.9 Å². The molecule has 0 bridgehead atoms. The molecule has 0 radical (unpaired) electrons. The Balaban J connectivity index is 1.57. The van der Waals surface area contributed by atoms with Crippen LogP contribution in [-0.2, 0) is 14.8 Å². The molecule has 2 aromatic carbocycles. The summed E-state index contributed by atoms with van der Waals surface area (Å²) in [6.07, 6.45) is 0.471. The lowest BCUT2D eigenvalue weighted by atomic mass is 10.2. The van der Waals surface area contributed by atoms with E-state index in [1.54, 1.807) is 35.2 Å². The fraction of sp³-hybridized carbons (Fsp3) is 0.300. The Bertz CT molecular complexity index is 965. The highest BCUT2D eigenvalue weighted by atomic mass is 32.2. The molecule has 0 aromatic heterocycles. The molecule has 1 saturated heterocycles. The van der Waals surface area contributed by atoms with Gasteiger partial charge in [0.1, 0.15) is 5.82 Å².